The third-order valence-electron chi connectivity index (χ3n) is 1.83. The second-order valence-corrected chi connectivity index (χ2v) is 4.69. The number of esters is 1. The maximum atomic E-state index is 11.3. The van der Waals surface area contributed by atoms with E-state index in [1.54, 1.807) is 6.92 Å². The van der Waals surface area contributed by atoms with Crippen LogP contribution in [-0.2, 0) is 9.53 Å². The molecule has 0 radical (unpaired) electrons. The second kappa shape index (κ2) is 5.15. The van der Waals surface area contributed by atoms with E-state index < -0.39 is 0 Å². The minimum absolute atomic E-state index is 0.0146. The average molecular weight is 200 g/mol. The first kappa shape index (κ1) is 13.2. The van der Waals surface area contributed by atoms with Gasteiger partial charge in [-0.15, -0.1) is 0 Å². The lowest BCUT2D eigenvalue weighted by Crippen LogP contribution is -2.42. The van der Waals surface area contributed by atoms with Gasteiger partial charge in [-0.3, -0.25) is 0 Å². The van der Waals surface area contributed by atoms with E-state index in [0.717, 1.165) is 17.4 Å². The van der Waals surface area contributed by atoms with Crippen LogP contribution in [-0.4, -0.2) is 44.2 Å². The molecule has 0 rings (SSSR count). The molecule has 0 N–H and O–H groups in total. The minimum Gasteiger partial charge on any atom is -0.453 e. The number of nitrogens with zero attached hydrogens (tertiary/aromatic N) is 1. The molecule has 3 heteroatoms. The van der Waals surface area contributed by atoms with E-state index in [-0.39, 0.29) is 12.1 Å². The number of quaternary nitrogens is 1. The van der Waals surface area contributed by atoms with Crippen LogP contribution < -0.4 is 0 Å². The highest BCUT2D eigenvalue weighted by atomic mass is 16.5. The molecule has 0 aromatic heterocycles. The fourth-order valence-corrected chi connectivity index (χ4v) is 1.11. The quantitative estimate of drug-likeness (QED) is 0.383. The van der Waals surface area contributed by atoms with Crippen molar-refractivity contribution < 1.29 is 14.0 Å². The Labute approximate surface area is 86.9 Å². The number of carbonyl (C=O) groups is 1. The van der Waals surface area contributed by atoms with Crippen LogP contribution in [0.3, 0.4) is 0 Å². The first-order valence-corrected chi connectivity index (χ1v) is 4.93. The topological polar surface area (TPSA) is 26.3 Å². The Morgan fingerprint density at radius 2 is 1.93 bits per heavy atom. The summed E-state index contributed by atoms with van der Waals surface area (Å²) in [6, 6.07) is 0. The van der Waals surface area contributed by atoms with Gasteiger partial charge < -0.3 is 9.22 Å². The Morgan fingerprint density at radius 1 is 1.43 bits per heavy atom. The van der Waals surface area contributed by atoms with Gasteiger partial charge in [-0.1, -0.05) is 13.5 Å². The van der Waals surface area contributed by atoms with Crippen LogP contribution in [0.25, 0.3) is 0 Å². The van der Waals surface area contributed by atoms with Gasteiger partial charge in [-0.05, 0) is 13.3 Å². The molecule has 3 nitrogen and oxygen atoms in total. The number of carbonyl (C=O) groups excluding carboxylic acids is 1. The van der Waals surface area contributed by atoms with Crippen molar-refractivity contribution in [3.05, 3.63) is 12.2 Å². The standard InChI is InChI=1S/C11H22NO2/c1-7-10(8-12(4,5)6)14-11(13)9(2)3/h10H,2,7-8H2,1,3-6H3/q+1. The molecule has 0 saturated carbocycles. The van der Waals surface area contributed by atoms with Gasteiger partial charge in [-0.25, -0.2) is 4.79 Å². The highest BCUT2D eigenvalue weighted by Gasteiger charge is 2.20. The summed E-state index contributed by atoms with van der Waals surface area (Å²) in [7, 11) is 6.24. The predicted octanol–water partition coefficient (Wildman–Crippen LogP) is 1.59. The lowest BCUT2D eigenvalue weighted by Gasteiger charge is -2.28. The van der Waals surface area contributed by atoms with E-state index in [4.69, 9.17) is 4.74 Å². The largest absolute Gasteiger partial charge is 0.453 e. The molecule has 0 fully saturated rings. The summed E-state index contributed by atoms with van der Waals surface area (Å²) in [6.45, 7) is 8.08. The van der Waals surface area contributed by atoms with E-state index in [2.05, 4.69) is 27.7 Å². The molecule has 14 heavy (non-hydrogen) atoms. The summed E-state index contributed by atoms with van der Waals surface area (Å²) in [5.74, 6) is -0.287. The zero-order valence-corrected chi connectivity index (χ0v) is 9.96. The average Bonchev–Trinajstić information content (AvgIpc) is 2.00. The molecular weight excluding hydrogens is 178 g/mol. The molecule has 0 aromatic rings. The minimum atomic E-state index is -0.287. The molecule has 82 valence electrons. The van der Waals surface area contributed by atoms with Gasteiger partial charge in [0.25, 0.3) is 0 Å². The van der Waals surface area contributed by atoms with Crippen LogP contribution in [0.4, 0.5) is 0 Å². The first-order chi connectivity index (χ1) is 6.26. The van der Waals surface area contributed by atoms with Crippen molar-refractivity contribution in [2.24, 2.45) is 0 Å². The Morgan fingerprint density at radius 3 is 2.21 bits per heavy atom. The Balaban J connectivity index is 4.17. The maximum absolute atomic E-state index is 11.3. The number of hydrogen-bond donors (Lipinski definition) is 0. The Kier molecular flexibility index (Phi) is 4.85. The Bertz CT molecular complexity index is 216. The molecule has 0 spiro atoms. The molecule has 0 saturated heterocycles. The van der Waals surface area contributed by atoms with Gasteiger partial charge in [0.15, 0.2) is 6.10 Å². The molecule has 0 amide bonds. The smallest absolute Gasteiger partial charge is 0.333 e. The Hall–Kier alpha value is -0.830. The van der Waals surface area contributed by atoms with Gasteiger partial charge >= 0.3 is 5.97 Å². The third-order valence-corrected chi connectivity index (χ3v) is 1.83. The summed E-state index contributed by atoms with van der Waals surface area (Å²) in [5, 5.41) is 0. The van der Waals surface area contributed by atoms with Gasteiger partial charge in [0.2, 0.25) is 0 Å². The van der Waals surface area contributed by atoms with E-state index in [1.165, 1.54) is 0 Å². The van der Waals surface area contributed by atoms with Crippen molar-refractivity contribution in [2.45, 2.75) is 26.4 Å². The van der Waals surface area contributed by atoms with E-state index in [1.807, 2.05) is 6.92 Å². The zero-order valence-electron chi connectivity index (χ0n) is 9.96. The zero-order chi connectivity index (χ0) is 11.4. The molecule has 0 aliphatic carbocycles. The molecule has 0 heterocycles. The van der Waals surface area contributed by atoms with Gasteiger partial charge in [0, 0.05) is 5.57 Å². The molecule has 0 aliphatic rings. The van der Waals surface area contributed by atoms with E-state index >= 15 is 0 Å². The molecule has 0 bridgehead atoms. The lowest BCUT2D eigenvalue weighted by molar-refractivity contribution is -0.873. The number of hydrogen-bond acceptors (Lipinski definition) is 2. The fourth-order valence-electron chi connectivity index (χ4n) is 1.11. The van der Waals surface area contributed by atoms with Crippen LogP contribution in [0.15, 0.2) is 12.2 Å². The predicted molar refractivity (Wildman–Crippen MR) is 57.9 cm³/mol. The van der Waals surface area contributed by atoms with Crippen LogP contribution >= 0.6 is 0 Å². The highest BCUT2D eigenvalue weighted by Crippen LogP contribution is 2.06. The van der Waals surface area contributed by atoms with Crippen LogP contribution in [0, 0.1) is 0 Å². The summed E-state index contributed by atoms with van der Waals surface area (Å²) in [6.07, 6.45) is 0.827. The monoisotopic (exact) mass is 200 g/mol. The number of likely N-dealkylation sites (N-methyl/N-ethyl adjacent to an activating group) is 1. The molecule has 0 aromatic carbocycles. The van der Waals surface area contributed by atoms with Crippen molar-refractivity contribution >= 4 is 5.97 Å². The SMILES string of the molecule is C=C(C)C(=O)OC(CC)C[N+](C)(C)C. The van der Waals surface area contributed by atoms with Crippen molar-refractivity contribution in [3.63, 3.8) is 0 Å². The van der Waals surface area contributed by atoms with Crippen molar-refractivity contribution in [1.29, 1.82) is 0 Å². The van der Waals surface area contributed by atoms with E-state index in [0.29, 0.717) is 5.57 Å². The highest BCUT2D eigenvalue weighted by molar-refractivity contribution is 5.87. The molecule has 1 atom stereocenters. The van der Waals surface area contributed by atoms with Crippen LogP contribution in [0.2, 0.25) is 0 Å². The summed E-state index contributed by atoms with van der Waals surface area (Å²) in [4.78, 5) is 11.3. The van der Waals surface area contributed by atoms with Crippen LogP contribution in [0.5, 0.6) is 0 Å². The molecule has 0 aliphatic heterocycles. The second-order valence-electron chi connectivity index (χ2n) is 4.69. The van der Waals surface area contributed by atoms with Crippen LogP contribution in [0.1, 0.15) is 20.3 Å². The fraction of sp³-hybridized carbons (Fsp3) is 0.727. The van der Waals surface area contributed by atoms with Crippen molar-refractivity contribution in [1.82, 2.24) is 0 Å². The van der Waals surface area contributed by atoms with Crippen molar-refractivity contribution in [2.75, 3.05) is 27.7 Å². The van der Waals surface area contributed by atoms with Gasteiger partial charge in [0.1, 0.15) is 6.54 Å². The van der Waals surface area contributed by atoms with Crippen molar-refractivity contribution in [3.8, 4) is 0 Å². The first-order valence-electron chi connectivity index (χ1n) is 4.93. The molecular formula is C11H22NO2+. The summed E-state index contributed by atoms with van der Waals surface area (Å²) >= 11 is 0. The lowest BCUT2D eigenvalue weighted by atomic mass is 10.2. The normalized spacial score (nSPS) is 13.5. The van der Waals surface area contributed by atoms with E-state index in [9.17, 15) is 4.79 Å². The summed E-state index contributed by atoms with van der Waals surface area (Å²) in [5.41, 5.74) is 0.463. The van der Waals surface area contributed by atoms with Gasteiger partial charge in [0.05, 0.1) is 21.1 Å². The summed E-state index contributed by atoms with van der Waals surface area (Å²) < 4.78 is 6.08. The number of ether oxygens (including phenoxy) is 1. The molecule has 1 unspecified atom stereocenters. The van der Waals surface area contributed by atoms with Gasteiger partial charge in [-0.2, -0.15) is 0 Å². The maximum Gasteiger partial charge on any atom is 0.333 e. The third kappa shape index (κ3) is 5.75. The number of rotatable bonds is 5.